The van der Waals surface area contributed by atoms with Crippen LogP contribution in [0.1, 0.15) is 0 Å². The Morgan fingerprint density at radius 2 is 2.22 bits per heavy atom. The molecule has 0 aromatic rings. The second-order valence-electron chi connectivity index (χ2n) is 1.35. The van der Waals surface area contributed by atoms with Crippen LogP contribution < -0.4 is 5.32 Å². The molecule has 2 nitrogen and oxygen atoms in total. The van der Waals surface area contributed by atoms with Crippen molar-refractivity contribution in [2.45, 2.75) is 6.18 Å². The van der Waals surface area contributed by atoms with Crippen LogP contribution in [0.4, 0.5) is 13.2 Å². The molecule has 1 N–H and O–H groups in total. The van der Waals surface area contributed by atoms with Crippen LogP contribution >= 0.6 is 0 Å². The zero-order valence-electron chi connectivity index (χ0n) is 4.12. The summed E-state index contributed by atoms with van der Waals surface area (Å²) in [6.07, 6.45) is -3.71. The molecule has 1 rings (SSSR count). The zero-order chi connectivity index (χ0) is 6.91. The maximum absolute atomic E-state index is 11.5. The van der Waals surface area contributed by atoms with Crippen molar-refractivity contribution >= 4 is 0 Å². The van der Waals surface area contributed by atoms with Gasteiger partial charge in [-0.1, -0.05) is 0 Å². The minimum absolute atomic E-state index is 0.694. The second-order valence-corrected chi connectivity index (χ2v) is 1.35. The summed E-state index contributed by atoms with van der Waals surface area (Å²) in [5.74, 6) is -1.07. The molecule has 2 radical (unpaired) electrons. The summed E-state index contributed by atoms with van der Waals surface area (Å²) in [5.41, 5.74) is 0. The van der Waals surface area contributed by atoms with Gasteiger partial charge in [-0.25, -0.2) is 0 Å². The molecule has 0 atom stereocenters. The summed E-state index contributed by atoms with van der Waals surface area (Å²) >= 11 is 0. The molecule has 0 fully saturated rings. The normalized spacial score (nSPS) is 18.3. The van der Waals surface area contributed by atoms with Gasteiger partial charge in [-0.2, -0.15) is 13.2 Å². The summed E-state index contributed by atoms with van der Waals surface area (Å²) in [5, 5.41) is 2.02. The molecule has 0 aliphatic carbocycles. The molecule has 0 spiro atoms. The molecule has 0 aromatic heterocycles. The molecule has 5 heteroatoms. The molecule has 1 aliphatic rings. The van der Waals surface area contributed by atoms with E-state index in [0.717, 1.165) is 0 Å². The third-order valence-corrected chi connectivity index (χ3v) is 0.703. The lowest BCUT2D eigenvalue weighted by atomic mass is 10.5. The van der Waals surface area contributed by atoms with Gasteiger partial charge in [-0.15, -0.1) is 0 Å². The van der Waals surface area contributed by atoms with Crippen molar-refractivity contribution in [3.8, 4) is 0 Å². The number of hydrogen-bond acceptors (Lipinski definition) is 2. The Labute approximate surface area is 49.3 Å². The van der Waals surface area contributed by atoms with E-state index < -0.39 is 11.9 Å². The van der Waals surface area contributed by atoms with Gasteiger partial charge in [-0.3, -0.25) is 0 Å². The Bertz CT molecular complexity index is 139. The largest absolute Gasteiger partial charge is 0.450 e. The molecule has 9 heavy (non-hydrogen) atoms. The van der Waals surface area contributed by atoms with E-state index in [1.165, 1.54) is 0 Å². The molecule has 1 aliphatic heterocycles. The molecule has 50 valence electrons. The maximum atomic E-state index is 11.5. The highest BCUT2D eigenvalue weighted by molar-refractivity contribution is 5.04. The Morgan fingerprint density at radius 1 is 1.56 bits per heavy atom. The molecule has 0 amide bonds. The Morgan fingerprint density at radius 3 is 2.44 bits per heavy atom. The summed E-state index contributed by atoms with van der Waals surface area (Å²) in [6, 6.07) is 0. The molecule has 0 saturated heterocycles. The standard InChI is InChI=1S/C4H2F3NO/c5-4(6,7)3-1-8-2-9-3/h1,8H. The second kappa shape index (κ2) is 1.82. The van der Waals surface area contributed by atoms with Crippen LogP contribution in [0.2, 0.25) is 0 Å². The minimum Gasteiger partial charge on any atom is -0.449 e. The Balaban J connectivity index is 2.61. The Hall–Kier alpha value is -0.870. The number of halogens is 3. The number of nitrogens with one attached hydrogen (secondary N) is 1. The zero-order valence-corrected chi connectivity index (χ0v) is 4.12. The van der Waals surface area contributed by atoms with Crippen LogP contribution in [0, 0.1) is 6.73 Å². The number of alkyl halides is 3. The highest BCUT2D eigenvalue weighted by Gasteiger charge is 2.38. The highest BCUT2D eigenvalue weighted by atomic mass is 19.4. The van der Waals surface area contributed by atoms with Gasteiger partial charge in [0, 0.05) is 6.20 Å². The fraction of sp³-hybridized carbons (Fsp3) is 0.250. The van der Waals surface area contributed by atoms with E-state index in [1.54, 1.807) is 0 Å². The van der Waals surface area contributed by atoms with E-state index in [2.05, 4.69) is 4.74 Å². The van der Waals surface area contributed by atoms with Crippen LogP contribution in [0.15, 0.2) is 12.0 Å². The van der Waals surface area contributed by atoms with Gasteiger partial charge in [0.15, 0.2) is 0 Å². The predicted molar refractivity (Wildman–Crippen MR) is 21.6 cm³/mol. The average Bonchev–Trinajstić information content (AvgIpc) is 2.08. The highest BCUT2D eigenvalue weighted by Crippen LogP contribution is 2.27. The molecular formula is C4H2F3NO. The lowest BCUT2D eigenvalue weighted by Crippen LogP contribution is -2.10. The van der Waals surface area contributed by atoms with Crippen molar-refractivity contribution in [3.63, 3.8) is 0 Å². The van der Waals surface area contributed by atoms with Crippen molar-refractivity contribution in [3.05, 3.63) is 18.7 Å². The van der Waals surface area contributed by atoms with Crippen molar-refractivity contribution in [2.75, 3.05) is 0 Å². The average molecular weight is 137 g/mol. The van der Waals surface area contributed by atoms with Crippen molar-refractivity contribution in [1.82, 2.24) is 5.32 Å². The van der Waals surface area contributed by atoms with Crippen LogP contribution in [0.3, 0.4) is 0 Å². The Kier molecular flexibility index (Phi) is 1.27. The van der Waals surface area contributed by atoms with E-state index in [0.29, 0.717) is 6.20 Å². The summed E-state index contributed by atoms with van der Waals surface area (Å²) in [7, 11) is 0. The van der Waals surface area contributed by atoms with Crippen LogP contribution in [0.25, 0.3) is 0 Å². The van der Waals surface area contributed by atoms with E-state index in [9.17, 15) is 13.2 Å². The number of ether oxygens (including phenoxy) is 1. The van der Waals surface area contributed by atoms with E-state index in [-0.39, 0.29) is 0 Å². The van der Waals surface area contributed by atoms with Crippen LogP contribution in [-0.2, 0) is 4.74 Å². The SMILES string of the molecule is FC(F)(F)C1=CN[C]O1. The van der Waals surface area contributed by atoms with Gasteiger partial charge in [0.25, 0.3) is 0 Å². The lowest BCUT2D eigenvalue weighted by molar-refractivity contribution is -0.122. The van der Waals surface area contributed by atoms with Crippen molar-refractivity contribution < 1.29 is 17.9 Å². The van der Waals surface area contributed by atoms with Gasteiger partial charge in [-0.05, 0) is 0 Å². The topological polar surface area (TPSA) is 21.3 Å². The summed E-state index contributed by atoms with van der Waals surface area (Å²) < 4.78 is 38.4. The molecule has 0 saturated carbocycles. The third kappa shape index (κ3) is 1.28. The fourth-order valence-electron chi connectivity index (χ4n) is 0.349. The van der Waals surface area contributed by atoms with E-state index in [4.69, 9.17) is 0 Å². The van der Waals surface area contributed by atoms with Gasteiger partial charge in [0.05, 0.1) is 0 Å². The fourth-order valence-corrected chi connectivity index (χ4v) is 0.349. The molecule has 0 unspecified atom stereocenters. The maximum Gasteiger partial charge on any atom is 0.450 e. The molecule has 1 heterocycles. The number of allylic oxidation sites excluding steroid dienone is 1. The quantitative estimate of drug-likeness (QED) is 0.537. The van der Waals surface area contributed by atoms with Gasteiger partial charge in [0.1, 0.15) is 0 Å². The molecular weight excluding hydrogens is 135 g/mol. The van der Waals surface area contributed by atoms with E-state index >= 15 is 0 Å². The first-order chi connectivity index (χ1) is 4.11. The van der Waals surface area contributed by atoms with Crippen molar-refractivity contribution in [2.24, 2.45) is 0 Å². The van der Waals surface area contributed by atoms with Crippen LogP contribution in [-0.4, -0.2) is 6.18 Å². The van der Waals surface area contributed by atoms with Gasteiger partial charge >= 0.3 is 12.9 Å². The monoisotopic (exact) mass is 137 g/mol. The lowest BCUT2D eigenvalue weighted by Gasteiger charge is -2.03. The van der Waals surface area contributed by atoms with Gasteiger partial charge < -0.3 is 10.1 Å². The molecule has 0 bridgehead atoms. The summed E-state index contributed by atoms with van der Waals surface area (Å²) in [4.78, 5) is 0. The van der Waals surface area contributed by atoms with E-state index in [1.807, 2.05) is 12.0 Å². The predicted octanol–water partition coefficient (Wildman–Crippen LogP) is 1.01. The van der Waals surface area contributed by atoms with Gasteiger partial charge in [0.2, 0.25) is 5.76 Å². The van der Waals surface area contributed by atoms with Crippen LogP contribution in [0.5, 0.6) is 0 Å². The van der Waals surface area contributed by atoms with Crippen molar-refractivity contribution in [1.29, 1.82) is 0 Å². The first-order valence-corrected chi connectivity index (χ1v) is 2.05. The first-order valence-electron chi connectivity index (χ1n) is 2.05. The third-order valence-electron chi connectivity index (χ3n) is 0.703. The summed E-state index contributed by atoms with van der Waals surface area (Å²) in [6.45, 7) is 1.82. The number of rotatable bonds is 0. The smallest absolute Gasteiger partial charge is 0.449 e. The number of hydrogen-bond donors (Lipinski definition) is 1. The molecule has 0 aromatic carbocycles. The first kappa shape index (κ1) is 6.25. The minimum atomic E-state index is -4.41.